The minimum Gasteiger partial charge on any atom is -0.329 e. The summed E-state index contributed by atoms with van der Waals surface area (Å²) in [6.07, 6.45) is 2.86. The third kappa shape index (κ3) is 1.55. The molecule has 0 aliphatic heterocycles. The van der Waals surface area contributed by atoms with Gasteiger partial charge >= 0.3 is 0 Å². The van der Waals surface area contributed by atoms with Crippen molar-refractivity contribution in [2.24, 2.45) is 5.73 Å². The van der Waals surface area contributed by atoms with Gasteiger partial charge in [0.15, 0.2) is 0 Å². The average Bonchev–Trinajstić information content (AvgIpc) is 2.26. The number of aromatic nitrogens is 3. The molecule has 0 bridgehead atoms. The van der Waals surface area contributed by atoms with Crippen LogP contribution >= 0.6 is 0 Å². The second-order valence-electron chi connectivity index (χ2n) is 3.11. The zero-order chi connectivity index (χ0) is 10.8. The van der Waals surface area contributed by atoms with Crippen LogP contribution in [0, 0.1) is 0 Å². The predicted octanol–water partition coefficient (Wildman–Crippen LogP) is -0.956. The van der Waals surface area contributed by atoms with Crippen molar-refractivity contribution in [3.05, 3.63) is 39.2 Å². The fourth-order valence-corrected chi connectivity index (χ4v) is 1.43. The highest BCUT2D eigenvalue weighted by Gasteiger charge is 2.05. The fraction of sp³-hybridized carbons (Fsp3) is 0.222. The van der Waals surface area contributed by atoms with Gasteiger partial charge in [0.05, 0.1) is 17.3 Å². The molecule has 3 N–H and O–H groups in total. The van der Waals surface area contributed by atoms with Crippen LogP contribution in [0.3, 0.4) is 0 Å². The monoisotopic (exact) mass is 206 g/mol. The number of fused-ring (bicyclic) bond motifs is 1. The van der Waals surface area contributed by atoms with E-state index in [1.165, 1.54) is 23.1 Å². The topological polar surface area (TPSA) is 93.8 Å². The molecule has 2 aromatic rings. The summed E-state index contributed by atoms with van der Waals surface area (Å²) in [5, 5.41) is 3.11. The minimum atomic E-state index is -0.328. The van der Waals surface area contributed by atoms with Crippen molar-refractivity contribution in [2.45, 2.75) is 6.54 Å². The molecule has 0 aliphatic carbocycles. The van der Waals surface area contributed by atoms with Gasteiger partial charge in [0.2, 0.25) is 0 Å². The van der Waals surface area contributed by atoms with Gasteiger partial charge < -0.3 is 5.73 Å². The zero-order valence-corrected chi connectivity index (χ0v) is 7.93. The molecule has 6 heteroatoms. The lowest BCUT2D eigenvalue weighted by Crippen LogP contribution is -2.32. The lowest BCUT2D eigenvalue weighted by molar-refractivity contribution is 0.586. The Labute approximate surface area is 84.3 Å². The summed E-state index contributed by atoms with van der Waals surface area (Å²) in [7, 11) is 0. The molecule has 2 heterocycles. The van der Waals surface area contributed by atoms with Crippen LogP contribution in [0.25, 0.3) is 10.8 Å². The van der Waals surface area contributed by atoms with E-state index in [-0.39, 0.29) is 11.1 Å². The van der Waals surface area contributed by atoms with E-state index < -0.39 is 0 Å². The zero-order valence-electron chi connectivity index (χ0n) is 7.93. The van der Waals surface area contributed by atoms with Crippen molar-refractivity contribution in [1.82, 2.24) is 14.8 Å². The van der Waals surface area contributed by atoms with E-state index in [0.717, 1.165) is 0 Å². The Morgan fingerprint density at radius 3 is 2.93 bits per heavy atom. The first-order chi connectivity index (χ1) is 7.24. The van der Waals surface area contributed by atoms with E-state index in [9.17, 15) is 9.59 Å². The molecule has 0 saturated carbocycles. The largest absolute Gasteiger partial charge is 0.329 e. The molecule has 0 saturated heterocycles. The summed E-state index contributed by atoms with van der Waals surface area (Å²) < 4.78 is 1.21. The number of nitrogens with zero attached hydrogens (tertiary/aromatic N) is 2. The molecule has 0 radical (unpaired) electrons. The van der Waals surface area contributed by atoms with Gasteiger partial charge in [-0.25, -0.2) is 4.68 Å². The van der Waals surface area contributed by atoms with Crippen molar-refractivity contribution in [3.63, 3.8) is 0 Å². The third-order valence-electron chi connectivity index (χ3n) is 2.13. The Bertz CT molecular complexity index is 599. The van der Waals surface area contributed by atoms with Crippen molar-refractivity contribution in [2.75, 3.05) is 6.54 Å². The number of H-pyrrole nitrogens is 1. The molecule has 0 amide bonds. The second-order valence-corrected chi connectivity index (χ2v) is 3.11. The maximum absolute atomic E-state index is 11.8. The molecular weight excluding hydrogens is 196 g/mol. The minimum absolute atomic E-state index is 0.252. The number of pyridine rings is 1. The molecule has 0 aromatic carbocycles. The first-order valence-corrected chi connectivity index (χ1v) is 4.51. The van der Waals surface area contributed by atoms with Crippen LogP contribution in [0.2, 0.25) is 0 Å². The van der Waals surface area contributed by atoms with Crippen LogP contribution in [0.4, 0.5) is 0 Å². The van der Waals surface area contributed by atoms with E-state index in [0.29, 0.717) is 23.9 Å². The number of aromatic amines is 1. The van der Waals surface area contributed by atoms with Crippen molar-refractivity contribution in [3.8, 4) is 0 Å². The van der Waals surface area contributed by atoms with Crippen LogP contribution in [-0.2, 0) is 6.54 Å². The first-order valence-electron chi connectivity index (χ1n) is 4.51. The van der Waals surface area contributed by atoms with Gasteiger partial charge in [-0.1, -0.05) is 0 Å². The molecule has 2 rings (SSSR count). The van der Waals surface area contributed by atoms with Crippen molar-refractivity contribution >= 4 is 10.8 Å². The standard InChI is InChI=1S/C9H10N4O2/c10-2-4-13-9(15)6-1-3-11-5-7(6)8(14)12-13/h1,3,5H,2,4,10H2,(H,12,14). The number of hydrogen-bond acceptors (Lipinski definition) is 4. The Kier molecular flexibility index (Phi) is 2.34. The molecule has 0 atom stereocenters. The summed E-state index contributed by atoms with van der Waals surface area (Å²) in [6, 6.07) is 1.53. The molecule has 0 fully saturated rings. The molecule has 0 spiro atoms. The van der Waals surface area contributed by atoms with Crippen molar-refractivity contribution in [1.29, 1.82) is 0 Å². The number of nitrogens with two attached hydrogens (primary N) is 1. The number of nitrogens with one attached hydrogen (secondary N) is 1. The highest BCUT2D eigenvalue weighted by Crippen LogP contribution is 1.99. The summed E-state index contributed by atoms with van der Waals surface area (Å²) in [5.41, 5.74) is 4.75. The quantitative estimate of drug-likeness (QED) is 0.662. The van der Waals surface area contributed by atoms with Crippen LogP contribution in [0.15, 0.2) is 28.0 Å². The van der Waals surface area contributed by atoms with E-state index in [1.54, 1.807) is 0 Å². The summed E-state index contributed by atoms with van der Waals surface area (Å²) in [6.45, 7) is 0.596. The van der Waals surface area contributed by atoms with E-state index >= 15 is 0 Å². The first kappa shape index (κ1) is 9.60. The summed E-state index contributed by atoms with van der Waals surface area (Å²) in [5.74, 6) is 0. The summed E-state index contributed by atoms with van der Waals surface area (Å²) >= 11 is 0. The van der Waals surface area contributed by atoms with Gasteiger partial charge in [-0.15, -0.1) is 0 Å². The van der Waals surface area contributed by atoms with Crippen LogP contribution < -0.4 is 16.9 Å². The van der Waals surface area contributed by atoms with Gasteiger partial charge in [0.1, 0.15) is 0 Å². The predicted molar refractivity (Wildman–Crippen MR) is 55.7 cm³/mol. The van der Waals surface area contributed by atoms with Gasteiger partial charge in [-0.05, 0) is 6.07 Å². The maximum Gasteiger partial charge on any atom is 0.273 e. The number of rotatable bonds is 2. The van der Waals surface area contributed by atoms with Crippen LogP contribution in [0.1, 0.15) is 0 Å². The van der Waals surface area contributed by atoms with Crippen molar-refractivity contribution < 1.29 is 0 Å². The van der Waals surface area contributed by atoms with Gasteiger partial charge in [-0.3, -0.25) is 19.7 Å². The second kappa shape index (κ2) is 3.66. The molecule has 15 heavy (non-hydrogen) atoms. The smallest absolute Gasteiger partial charge is 0.273 e. The third-order valence-corrected chi connectivity index (χ3v) is 2.13. The Morgan fingerprint density at radius 2 is 2.20 bits per heavy atom. The molecule has 6 nitrogen and oxygen atoms in total. The molecule has 2 aromatic heterocycles. The van der Waals surface area contributed by atoms with Gasteiger partial charge in [0.25, 0.3) is 11.1 Å². The average molecular weight is 206 g/mol. The molecular formula is C9H10N4O2. The number of hydrogen-bond donors (Lipinski definition) is 2. The lowest BCUT2D eigenvalue weighted by Gasteiger charge is -2.04. The van der Waals surface area contributed by atoms with E-state index in [1.807, 2.05) is 0 Å². The lowest BCUT2D eigenvalue weighted by atomic mass is 10.2. The Balaban J connectivity index is 2.85. The SMILES string of the molecule is NCCn1[nH]c(=O)c2cnccc2c1=O. The Hall–Kier alpha value is -1.95. The fourth-order valence-electron chi connectivity index (χ4n) is 1.43. The highest BCUT2D eigenvalue weighted by atomic mass is 16.2. The maximum atomic E-state index is 11.8. The van der Waals surface area contributed by atoms with E-state index in [2.05, 4.69) is 10.1 Å². The molecule has 0 unspecified atom stereocenters. The van der Waals surface area contributed by atoms with E-state index in [4.69, 9.17) is 5.73 Å². The Morgan fingerprint density at radius 1 is 1.40 bits per heavy atom. The van der Waals surface area contributed by atoms with Crippen LogP contribution in [0.5, 0.6) is 0 Å². The van der Waals surface area contributed by atoms with Gasteiger partial charge in [0, 0.05) is 18.9 Å². The van der Waals surface area contributed by atoms with Gasteiger partial charge in [-0.2, -0.15) is 0 Å². The molecule has 78 valence electrons. The molecule has 0 aliphatic rings. The highest BCUT2D eigenvalue weighted by molar-refractivity contribution is 5.79. The normalized spacial score (nSPS) is 10.7. The van der Waals surface area contributed by atoms with Crippen LogP contribution in [-0.4, -0.2) is 21.3 Å². The summed E-state index contributed by atoms with van der Waals surface area (Å²) in [4.78, 5) is 27.1.